The molecule has 3 heterocycles. The largest absolute Gasteiger partial charge is 1.00 e. The summed E-state index contributed by atoms with van der Waals surface area (Å²) < 4.78 is 12.5. The Bertz CT molecular complexity index is 945. The maximum absolute atomic E-state index is 13.2. The number of quaternary nitrogens is 1. The van der Waals surface area contributed by atoms with Crippen LogP contribution in [0.25, 0.3) is 0 Å². The number of ether oxygens (including phenoxy) is 2. The van der Waals surface area contributed by atoms with Crippen molar-refractivity contribution in [3.8, 4) is 5.75 Å². The van der Waals surface area contributed by atoms with Crippen molar-refractivity contribution < 1.29 is 40.8 Å². The summed E-state index contributed by atoms with van der Waals surface area (Å²) in [5.41, 5.74) is -1.56. The smallest absolute Gasteiger partial charge is 0.339 e. The van der Waals surface area contributed by atoms with Crippen LogP contribution in [0, 0.1) is 0 Å². The molecule has 0 amide bonds. The Morgan fingerprint density at radius 1 is 1.06 bits per heavy atom. The lowest BCUT2D eigenvalue weighted by Crippen LogP contribution is -3.00. The molecule has 0 spiro atoms. The molecule has 0 saturated carbocycles. The highest BCUT2D eigenvalue weighted by Crippen LogP contribution is 2.28. The number of likely N-dealkylation sites (N-methyl/N-ethyl adjacent to an activating group) is 1. The molecule has 3 aromatic rings. The Labute approximate surface area is 214 Å². The molecule has 33 heavy (non-hydrogen) atoms. The van der Waals surface area contributed by atoms with Crippen LogP contribution in [0.15, 0.2) is 65.4 Å². The van der Waals surface area contributed by atoms with Crippen LogP contribution in [0.1, 0.15) is 16.2 Å². The van der Waals surface area contributed by atoms with E-state index in [-0.39, 0.29) is 35.9 Å². The second-order valence-corrected chi connectivity index (χ2v) is 10.8. The molecule has 4 rings (SSSR count). The van der Waals surface area contributed by atoms with Crippen LogP contribution < -0.4 is 21.7 Å². The summed E-state index contributed by atoms with van der Waals surface area (Å²) in [7, 11) is 2.17. The zero-order valence-electron chi connectivity index (χ0n) is 18.7. The van der Waals surface area contributed by atoms with E-state index in [0.717, 1.165) is 46.0 Å². The Kier molecular flexibility index (Phi) is 9.12. The zero-order valence-corrected chi connectivity index (χ0v) is 21.9. The summed E-state index contributed by atoms with van der Waals surface area (Å²) in [4.78, 5) is 15.1. The number of thiophene rings is 2. The van der Waals surface area contributed by atoms with Gasteiger partial charge in [-0.25, -0.2) is 4.79 Å². The monoisotopic (exact) mass is 551 g/mol. The number of carbonyl (C=O) groups excluding carboxylic acids is 1. The zero-order chi connectivity index (χ0) is 22.4. The van der Waals surface area contributed by atoms with E-state index in [1.807, 2.05) is 65.4 Å². The summed E-state index contributed by atoms with van der Waals surface area (Å²) in [6.07, 6.45) is 1.14. The molecule has 0 aliphatic carbocycles. The van der Waals surface area contributed by atoms with Crippen molar-refractivity contribution >= 4 is 28.6 Å². The minimum Gasteiger partial charge on any atom is -1.00 e. The lowest BCUT2D eigenvalue weighted by molar-refractivity contribution is -0.898. The van der Waals surface area contributed by atoms with Gasteiger partial charge in [-0.2, -0.15) is 0 Å². The predicted molar refractivity (Wildman–Crippen MR) is 128 cm³/mol. The first-order chi connectivity index (χ1) is 15.4. The third-order valence-corrected chi connectivity index (χ3v) is 7.78. The second kappa shape index (κ2) is 11.6. The van der Waals surface area contributed by atoms with Gasteiger partial charge in [-0.1, -0.05) is 30.3 Å². The van der Waals surface area contributed by atoms with Crippen molar-refractivity contribution in [3.05, 3.63) is 75.1 Å². The lowest BCUT2D eigenvalue weighted by atomic mass is 9.93. The van der Waals surface area contributed by atoms with E-state index in [0.29, 0.717) is 6.61 Å². The molecular formula is C25H30BrNO4S2. The van der Waals surface area contributed by atoms with E-state index in [9.17, 15) is 9.90 Å². The van der Waals surface area contributed by atoms with Gasteiger partial charge in [0, 0.05) is 29.0 Å². The molecular weight excluding hydrogens is 522 g/mol. The van der Waals surface area contributed by atoms with Gasteiger partial charge in [0.15, 0.2) is 11.7 Å². The van der Waals surface area contributed by atoms with E-state index in [2.05, 4.69) is 7.05 Å². The third-order valence-electron chi connectivity index (χ3n) is 6.03. The SMILES string of the molecule is C[N+]1(CCOc2ccccc2)CCC(OC(=O)C(O)(Cc2cccs2)Cc2cccs2)C1.[Br-]. The molecule has 5 nitrogen and oxygen atoms in total. The van der Waals surface area contributed by atoms with Crippen molar-refractivity contribution in [2.45, 2.75) is 31.0 Å². The molecule has 2 atom stereocenters. The number of likely N-dealkylation sites (tertiary alicyclic amines) is 1. The summed E-state index contributed by atoms with van der Waals surface area (Å²) in [6.45, 7) is 3.11. The van der Waals surface area contributed by atoms with Crippen LogP contribution in [-0.4, -0.2) is 60.6 Å². The van der Waals surface area contributed by atoms with Crippen molar-refractivity contribution in [2.75, 3.05) is 33.3 Å². The van der Waals surface area contributed by atoms with Crippen LogP contribution in [-0.2, 0) is 22.4 Å². The van der Waals surface area contributed by atoms with Gasteiger partial charge in [-0.3, -0.25) is 0 Å². The molecule has 1 fully saturated rings. The molecule has 8 heteroatoms. The van der Waals surface area contributed by atoms with Gasteiger partial charge >= 0.3 is 5.97 Å². The van der Waals surface area contributed by atoms with Crippen molar-refractivity contribution in [3.63, 3.8) is 0 Å². The normalized spacial score (nSPS) is 20.2. The molecule has 178 valence electrons. The number of carbonyl (C=O) groups is 1. The van der Waals surface area contributed by atoms with Crippen molar-refractivity contribution in [2.24, 2.45) is 0 Å². The highest BCUT2D eigenvalue weighted by molar-refractivity contribution is 7.10. The fourth-order valence-corrected chi connectivity index (χ4v) is 5.82. The third kappa shape index (κ3) is 7.13. The molecule has 1 aliphatic rings. The number of hydrogen-bond acceptors (Lipinski definition) is 6. The van der Waals surface area contributed by atoms with Gasteiger partial charge < -0.3 is 36.0 Å². The van der Waals surface area contributed by atoms with Crippen molar-refractivity contribution in [1.29, 1.82) is 0 Å². The highest BCUT2D eigenvalue weighted by Gasteiger charge is 2.43. The average Bonchev–Trinajstić information content (AvgIpc) is 3.53. The maximum atomic E-state index is 13.2. The number of aliphatic hydroxyl groups is 1. The molecule has 1 aromatic carbocycles. The molecule has 0 radical (unpaired) electrons. The van der Waals surface area contributed by atoms with Gasteiger partial charge in [0.2, 0.25) is 0 Å². The summed E-state index contributed by atoms with van der Waals surface area (Å²) in [5.74, 6) is 0.353. The Morgan fingerprint density at radius 2 is 1.70 bits per heavy atom. The van der Waals surface area contributed by atoms with Gasteiger partial charge in [-0.05, 0) is 35.0 Å². The van der Waals surface area contributed by atoms with E-state index in [1.165, 1.54) is 0 Å². The topological polar surface area (TPSA) is 55.8 Å². The number of halogens is 1. The van der Waals surface area contributed by atoms with Crippen LogP contribution >= 0.6 is 22.7 Å². The van der Waals surface area contributed by atoms with Crippen molar-refractivity contribution in [1.82, 2.24) is 0 Å². The molecule has 2 aromatic heterocycles. The number of para-hydroxylation sites is 1. The Hall–Kier alpha value is -1.71. The van der Waals surface area contributed by atoms with Gasteiger partial charge in [0.25, 0.3) is 0 Å². The first kappa shape index (κ1) is 25.9. The fourth-order valence-electron chi connectivity index (χ4n) is 4.20. The summed E-state index contributed by atoms with van der Waals surface area (Å²) in [5, 5.41) is 15.3. The summed E-state index contributed by atoms with van der Waals surface area (Å²) >= 11 is 3.10. The number of hydrogen-bond donors (Lipinski definition) is 1. The molecule has 2 unspecified atom stereocenters. The van der Waals surface area contributed by atoms with E-state index in [4.69, 9.17) is 9.47 Å². The molecule has 1 aliphatic heterocycles. The fraction of sp³-hybridized carbons (Fsp3) is 0.400. The van der Waals surface area contributed by atoms with Gasteiger partial charge in [0.1, 0.15) is 25.4 Å². The van der Waals surface area contributed by atoms with E-state index in [1.54, 1.807) is 22.7 Å². The van der Waals surface area contributed by atoms with Crippen LogP contribution in [0.4, 0.5) is 0 Å². The van der Waals surface area contributed by atoms with Gasteiger partial charge in [-0.15, -0.1) is 22.7 Å². The van der Waals surface area contributed by atoms with E-state index >= 15 is 0 Å². The lowest BCUT2D eigenvalue weighted by Gasteiger charge is -2.30. The quantitative estimate of drug-likeness (QED) is 0.303. The predicted octanol–water partition coefficient (Wildman–Crippen LogP) is 1.17. The van der Waals surface area contributed by atoms with Gasteiger partial charge in [0.05, 0.1) is 13.6 Å². The number of nitrogens with zero attached hydrogens (tertiary/aromatic N) is 1. The minimum absolute atomic E-state index is 0. The Morgan fingerprint density at radius 3 is 2.27 bits per heavy atom. The van der Waals surface area contributed by atoms with Crippen LogP contribution in [0.3, 0.4) is 0 Å². The molecule has 1 saturated heterocycles. The maximum Gasteiger partial charge on any atom is 0.339 e. The second-order valence-electron chi connectivity index (χ2n) is 8.77. The van der Waals surface area contributed by atoms with Crippen LogP contribution in [0.5, 0.6) is 5.75 Å². The Balaban J connectivity index is 0.00000306. The number of esters is 1. The minimum atomic E-state index is -1.56. The molecule has 0 bridgehead atoms. The first-order valence-electron chi connectivity index (χ1n) is 10.9. The molecule has 1 N–H and O–H groups in total. The number of rotatable bonds is 10. The van der Waals surface area contributed by atoms with Crippen LogP contribution in [0.2, 0.25) is 0 Å². The average molecular weight is 553 g/mol. The number of benzene rings is 1. The first-order valence-corrected chi connectivity index (χ1v) is 12.7. The highest BCUT2D eigenvalue weighted by atomic mass is 79.9. The standard InChI is InChI=1S/C25H30NO4S2.BrH/c1-26(13-14-29-20-7-3-2-4-8-20)12-11-21(19-26)30-24(27)25(28,17-22-9-5-15-31-22)18-23-10-6-16-32-23;/h2-10,15-16,21,28H,11-14,17-19H2,1H3;1H/q+1;/p-1. The van der Waals surface area contributed by atoms with E-state index < -0.39 is 11.6 Å². The summed E-state index contributed by atoms with van der Waals surface area (Å²) in [6, 6.07) is 17.6.